The van der Waals surface area contributed by atoms with Crippen LogP contribution in [0.2, 0.25) is 0 Å². The summed E-state index contributed by atoms with van der Waals surface area (Å²) in [4.78, 5) is 2.59. The Morgan fingerprint density at radius 3 is 2.50 bits per heavy atom. The van der Waals surface area contributed by atoms with Crippen molar-refractivity contribution in [2.45, 2.75) is 31.1 Å². The van der Waals surface area contributed by atoms with Crippen LogP contribution >= 0.6 is 11.8 Å². The average Bonchev–Trinajstić information content (AvgIpc) is 2.42. The van der Waals surface area contributed by atoms with Gasteiger partial charge in [0.1, 0.15) is 0 Å². The summed E-state index contributed by atoms with van der Waals surface area (Å²) in [7, 11) is 0. The highest BCUT2D eigenvalue weighted by Crippen LogP contribution is 2.22. The number of hydrogen-bond acceptors (Lipinski definition) is 3. The van der Waals surface area contributed by atoms with E-state index < -0.39 is 0 Å². The highest BCUT2D eigenvalue weighted by Gasteiger charge is 2.18. The van der Waals surface area contributed by atoms with Crippen molar-refractivity contribution in [2.24, 2.45) is 5.73 Å². The normalized spacial score (nSPS) is 18.1. The van der Waals surface area contributed by atoms with Crippen molar-refractivity contribution in [1.29, 1.82) is 0 Å². The number of nitrogens with two attached hydrogens (primary N) is 1. The molecule has 100 valence electrons. The fourth-order valence-corrected chi connectivity index (χ4v) is 3.34. The zero-order chi connectivity index (χ0) is 12.8. The smallest absolute Gasteiger partial charge is 0.0236 e. The number of thioether (sulfide) groups is 1. The van der Waals surface area contributed by atoms with Gasteiger partial charge in [0.2, 0.25) is 0 Å². The molecule has 3 heteroatoms. The Hall–Kier alpha value is -0.510. The molecule has 0 radical (unpaired) electrons. The van der Waals surface area contributed by atoms with Crippen LogP contribution in [0.5, 0.6) is 0 Å². The first-order valence-electron chi connectivity index (χ1n) is 6.85. The van der Waals surface area contributed by atoms with E-state index in [9.17, 15) is 0 Å². The summed E-state index contributed by atoms with van der Waals surface area (Å²) in [5, 5.41) is 0.875. The molecule has 1 aliphatic heterocycles. The fourth-order valence-electron chi connectivity index (χ4n) is 2.66. The van der Waals surface area contributed by atoms with Crippen molar-refractivity contribution in [3.8, 4) is 0 Å². The van der Waals surface area contributed by atoms with Gasteiger partial charge in [-0.3, -0.25) is 4.90 Å². The molecule has 1 aliphatic rings. The summed E-state index contributed by atoms with van der Waals surface area (Å²) < 4.78 is 0. The Morgan fingerprint density at radius 2 is 1.89 bits per heavy atom. The molecule has 1 saturated heterocycles. The van der Waals surface area contributed by atoms with Gasteiger partial charge in [0.25, 0.3) is 0 Å². The van der Waals surface area contributed by atoms with Crippen LogP contribution in [0.25, 0.3) is 0 Å². The van der Waals surface area contributed by atoms with Crippen LogP contribution in [0.1, 0.15) is 24.0 Å². The molecule has 2 N–H and O–H groups in total. The lowest BCUT2D eigenvalue weighted by atomic mass is 10.0. The van der Waals surface area contributed by atoms with E-state index in [1.165, 1.54) is 37.1 Å². The third-order valence-corrected chi connectivity index (χ3v) is 4.93. The molecule has 0 spiro atoms. The van der Waals surface area contributed by atoms with Gasteiger partial charge in [-0.05, 0) is 56.3 Å². The van der Waals surface area contributed by atoms with Gasteiger partial charge < -0.3 is 5.73 Å². The molecule has 0 saturated carbocycles. The third-order valence-electron chi connectivity index (χ3n) is 3.79. The second-order valence-corrected chi connectivity index (χ2v) is 6.16. The molecule has 1 aromatic carbocycles. The number of benzene rings is 1. The predicted octanol–water partition coefficient (Wildman–Crippen LogP) is 2.52. The van der Waals surface area contributed by atoms with Gasteiger partial charge in [0, 0.05) is 11.8 Å². The molecule has 0 amide bonds. The van der Waals surface area contributed by atoms with Gasteiger partial charge in [-0.1, -0.05) is 24.3 Å². The van der Waals surface area contributed by atoms with E-state index in [0.29, 0.717) is 0 Å². The maximum Gasteiger partial charge on any atom is 0.0236 e. The minimum absolute atomic E-state index is 0.742. The molecule has 0 unspecified atom stereocenters. The van der Waals surface area contributed by atoms with Crippen LogP contribution in [0.3, 0.4) is 0 Å². The van der Waals surface area contributed by atoms with E-state index in [1.807, 2.05) is 11.8 Å². The van der Waals surface area contributed by atoms with Crippen molar-refractivity contribution in [1.82, 2.24) is 4.90 Å². The standard InChI is InChI=1S/C15H24N2S/c1-18-15-7-10-17(11-8-15)12-14-5-3-2-4-13(14)6-9-16/h2-5,15H,6-12,16H2,1H3. The van der Waals surface area contributed by atoms with Crippen LogP contribution in [-0.2, 0) is 13.0 Å². The molecule has 1 aromatic rings. The average molecular weight is 264 g/mol. The Labute approximate surface area is 115 Å². The van der Waals surface area contributed by atoms with Crippen molar-refractivity contribution in [3.05, 3.63) is 35.4 Å². The number of likely N-dealkylation sites (tertiary alicyclic amines) is 1. The van der Waals surface area contributed by atoms with E-state index >= 15 is 0 Å². The molecule has 0 aliphatic carbocycles. The topological polar surface area (TPSA) is 29.3 Å². The van der Waals surface area contributed by atoms with Gasteiger partial charge in [-0.15, -0.1) is 0 Å². The Kier molecular flexibility index (Phi) is 5.54. The van der Waals surface area contributed by atoms with Crippen LogP contribution in [-0.4, -0.2) is 36.0 Å². The quantitative estimate of drug-likeness (QED) is 0.886. The second kappa shape index (κ2) is 7.17. The van der Waals surface area contributed by atoms with Gasteiger partial charge in [0.05, 0.1) is 0 Å². The monoisotopic (exact) mass is 264 g/mol. The molecule has 2 rings (SSSR count). The van der Waals surface area contributed by atoms with Gasteiger partial charge in [0.15, 0.2) is 0 Å². The zero-order valence-electron chi connectivity index (χ0n) is 11.3. The molecule has 0 atom stereocenters. The largest absolute Gasteiger partial charge is 0.330 e. The number of hydrogen-bond donors (Lipinski definition) is 1. The Bertz CT molecular complexity index is 359. The molecule has 0 aromatic heterocycles. The Balaban J connectivity index is 1.93. The van der Waals surface area contributed by atoms with Crippen molar-refractivity contribution < 1.29 is 0 Å². The summed E-state index contributed by atoms with van der Waals surface area (Å²) in [6.07, 6.45) is 5.90. The molecule has 18 heavy (non-hydrogen) atoms. The maximum atomic E-state index is 5.68. The fraction of sp³-hybridized carbons (Fsp3) is 0.600. The van der Waals surface area contributed by atoms with Crippen LogP contribution < -0.4 is 5.73 Å². The minimum atomic E-state index is 0.742. The van der Waals surface area contributed by atoms with Crippen molar-refractivity contribution >= 4 is 11.8 Å². The first kappa shape index (κ1) is 13.9. The predicted molar refractivity (Wildman–Crippen MR) is 81.0 cm³/mol. The highest BCUT2D eigenvalue weighted by atomic mass is 32.2. The molecule has 0 bridgehead atoms. The van der Waals surface area contributed by atoms with E-state index in [1.54, 1.807) is 0 Å². The number of nitrogens with zero attached hydrogens (tertiary/aromatic N) is 1. The lowest BCUT2D eigenvalue weighted by Crippen LogP contribution is -2.34. The van der Waals surface area contributed by atoms with Gasteiger partial charge >= 0.3 is 0 Å². The summed E-state index contributed by atoms with van der Waals surface area (Å²) in [6, 6.07) is 8.74. The van der Waals surface area contributed by atoms with Crippen LogP contribution in [0.15, 0.2) is 24.3 Å². The van der Waals surface area contributed by atoms with E-state index in [4.69, 9.17) is 5.73 Å². The summed E-state index contributed by atoms with van der Waals surface area (Å²) in [5.74, 6) is 0. The van der Waals surface area contributed by atoms with E-state index in [0.717, 1.165) is 24.8 Å². The van der Waals surface area contributed by atoms with Crippen LogP contribution in [0, 0.1) is 0 Å². The molecular weight excluding hydrogens is 240 g/mol. The summed E-state index contributed by atoms with van der Waals surface area (Å²) in [6.45, 7) is 4.31. The Morgan fingerprint density at radius 1 is 1.22 bits per heavy atom. The van der Waals surface area contributed by atoms with E-state index in [2.05, 4.69) is 35.4 Å². The number of piperidine rings is 1. The second-order valence-electron chi connectivity index (χ2n) is 5.02. The zero-order valence-corrected chi connectivity index (χ0v) is 12.1. The highest BCUT2D eigenvalue weighted by molar-refractivity contribution is 7.99. The van der Waals surface area contributed by atoms with Gasteiger partial charge in [-0.25, -0.2) is 0 Å². The first-order valence-corrected chi connectivity index (χ1v) is 8.14. The van der Waals surface area contributed by atoms with Crippen molar-refractivity contribution in [2.75, 3.05) is 25.9 Å². The summed E-state index contributed by atoms with van der Waals surface area (Å²) in [5.41, 5.74) is 8.57. The molecule has 1 heterocycles. The molecule has 1 fully saturated rings. The summed E-state index contributed by atoms with van der Waals surface area (Å²) >= 11 is 2.02. The molecular formula is C15H24N2S. The lowest BCUT2D eigenvalue weighted by molar-refractivity contribution is 0.224. The van der Waals surface area contributed by atoms with Crippen molar-refractivity contribution in [3.63, 3.8) is 0 Å². The van der Waals surface area contributed by atoms with Gasteiger partial charge in [-0.2, -0.15) is 11.8 Å². The maximum absolute atomic E-state index is 5.68. The lowest BCUT2D eigenvalue weighted by Gasteiger charge is -2.31. The van der Waals surface area contributed by atoms with E-state index in [-0.39, 0.29) is 0 Å². The molecule has 2 nitrogen and oxygen atoms in total. The SMILES string of the molecule is CSC1CCN(Cc2ccccc2CCN)CC1. The van der Waals surface area contributed by atoms with Crippen LogP contribution in [0.4, 0.5) is 0 Å². The third kappa shape index (κ3) is 3.74. The first-order chi connectivity index (χ1) is 8.83. The minimum Gasteiger partial charge on any atom is -0.330 e. The number of rotatable bonds is 5.